The smallest absolute Gasteiger partial charge is 0.243 e. The van der Waals surface area contributed by atoms with E-state index in [1.54, 1.807) is 22.5 Å². The maximum atomic E-state index is 13.0. The molecular weight excluding hydrogens is 342 g/mol. The number of aryl methyl sites for hydroxylation is 1. The first-order chi connectivity index (χ1) is 11.5. The zero-order valence-corrected chi connectivity index (χ0v) is 15.4. The van der Waals surface area contributed by atoms with Crippen LogP contribution in [-0.2, 0) is 10.0 Å². The van der Waals surface area contributed by atoms with Gasteiger partial charge in [-0.05, 0) is 50.8 Å². The number of nitrogens with two attached hydrogens (primary N) is 1. The van der Waals surface area contributed by atoms with Crippen molar-refractivity contribution in [2.75, 3.05) is 19.6 Å². The molecule has 2 heterocycles. The van der Waals surface area contributed by atoms with Crippen molar-refractivity contribution < 1.29 is 8.42 Å². The van der Waals surface area contributed by atoms with Gasteiger partial charge in [-0.2, -0.15) is 4.31 Å². The molecule has 3 rings (SSSR count). The molecule has 1 aliphatic rings. The van der Waals surface area contributed by atoms with Crippen LogP contribution in [0, 0.1) is 12.8 Å². The molecule has 1 unspecified atom stereocenters. The maximum absolute atomic E-state index is 13.0. The van der Waals surface area contributed by atoms with Crippen LogP contribution in [0.4, 0.5) is 0 Å². The fourth-order valence-electron chi connectivity index (χ4n) is 3.14. The predicted molar refractivity (Wildman–Crippen MR) is 97.4 cm³/mol. The first kappa shape index (κ1) is 17.5. The quantitative estimate of drug-likeness (QED) is 0.884. The molecule has 1 fully saturated rings. The molecule has 2 aromatic rings. The molecule has 0 spiro atoms. The van der Waals surface area contributed by atoms with Crippen molar-refractivity contribution in [1.82, 2.24) is 9.29 Å². The fraction of sp³-hybridized carbons (Fsp3) is 0.471. The summed E-state index contributed by atoms with van der Waals surface area (Å²) in [6.07, 6.45) is 2.83. The highest BCUT2D eigenvalue weighted by molar-refractivity contribution is 7.89. The van der Waals surface area contributed by atoms with E-state index in [1.165, 1.54) is 11.3 Å². The van der Waals surface area contributed by atoms with E-state index in [0.29, 0.717) is 30.4 Å². The van der Waals surface area contributed by atoms with Gasteiger partial charge in [0, 0.05) is 29.7 Å². The number of thiazole rings is 1. The third-order valence-corrected chi connectivity index (χ3v) is 7.26. The Hall–Kier alpha value is -1.28. The molecule has 2 N–H and O–H groups in total. The molecule has 0 saturated carbocycles. The van der Waals surface area contributed by atoms with Crippen molar-refractivity contribution >= 4 is 21.4 Å². The van der Waals surface area contributed by atoms with Gasteiger partial charge < -0.3 is 5.73 Å². The van der Waals surface area contributed by atoms with E-state index < -0.39 is 10.0 Å². The van der Waals surface area contributed by atoms with Gasteiger partial charge in [-0.15, -0.1) is 11.3 Å². The van der Waals surface area contributed by atoms with Crippen molar-refractivity contribution in [2.24, 2.45) is 11.7 Å². The molecule has 130 valence electrons. The van der Waals surface area contributed by atoms with Crippen LogP contribution in [-0.4, -0.2) is 37.3 Å². The van der Waals surface area contributed by atoms with Gasteiger partial charge in [0.15, 0.2) is 0 Å². The van der Waals surface area contributed by atoms with E-state index in [2.05, 4.69) is 4.98 Å². The Morgan fingerprint density at radius 2 is 2.25 bits per heavy atom. The van der Waals surface area contributed by atoms with Crippen LogP contribution in [0.25, 0.3) is 10.6 Å². The summed E-state index contributed by atoms with van der Waals surface area (Å²) in [6, 6.07) is 7.11. The summed E-state index contributed by atoms with van der Waals surface area (Å²) in [5.41, 5.74) is 7.44. The predicted octanol–water partition coefficient (Wildman–Crippen LogP) is 2.87. The topological polar surface area (TPSA) is 76.3 Å². The highest BCUT2D eigenvalue weighted by Gasteiger charge is 2.30. The molecule has 24 heavy (non-hydrogen) atoms. The Balaban J connectivity index is 1.87. The molecule has 1 aromatic heterocycles. The summed E-state index contributed by atoms with van der Waals surface area (Å²) < 4.78 is 27.6. The van der Waals surface area contributed by atoms with Crippen molar-refractivity contribution in [3.05, 3.63) is 35.3 Å². The number of sulfonamides is 1. The van der Waals surface area contributed by atoms with Gasteiger partial charge in [-0.1, -0.05) is 12.1 Å². The van der Waals surface area contributed by atoms with E-state index in [9.17, 15) is 8.42 Å². The Labute approximate surface area is 147 Å². The molecule has 0 bridgehead atoms. The lowest BCUT2D eigenvalue weighted by Crippen LogP contribution is -2.40. The van der Waals surface area contributed by atoms with Crippen LogP contribution in [0.5, 0.6) is 0 Å². The molecule has 7 heteroatoms. The minimum absolute atomic E-state index is 0.348. The van der Waals surface area contributed by atoms with Gasteiger partial charge in [0.05, 0.1) is 4.90 Å². The largest absolute Gasteiger partial charge is 0.330 e. The monoisotopic (exact) mass is 365 g/mol. The summed E-state index contributed by atoms with van der Waals surface area (Å²) >= 11 is 1.53. The Morgan fingerprint density at radius 1 is 1.42 bits per heavy atom. The van der Waals surface area contributed by atoms with Crippen molar-refractivity contribution in [3.63, 3.8) is 0 Å². The second kappa shape index (κ2) is 7.31. The van der Waals surface area contributed by atoms with Crippen molar-refractivity contribution in [3.8, 4) is 10.6 Å². The lowest BCUT2D eigenvalue weighted by atomic mass is 9.96. The van der Waals surface area contributed by atoms with E-state index >= 15 is 0 Å². The maximum Gasteiger partial charge on any atom is 0.243 e. The first-order valence-electron chi connectivity index (χ1n) is 8.23. The number of hydrogen-bond acceptors (Lipinski definition) is 5. The standard InChI is InChI=1S/C17H23N3O2S2/c1-13-12-23-17(19-13)15-5-2-6-16(10-15)24(21,22)20-9-3-4-14(11-20)7-8-18/h2,5-6,10,12,14H,3-4,7-9,11,18H2,1H3. The SMILES string of the molecule is Cc1csc(-c2cccc(S(=O)(=O)N3CCCC(CCN)C3)c2)n1. The molecule has 1 aromatic carbocycles. The zero-order chi connectivity index (χ0) is 17.2. The van der Waals surface area contributed by atoms with E-state index in [0.717, 1.165) is 35.5 Å². The van der Waals surface area contributed by atoms with Crippen LogP contribution >= 0.6 is 11.3 Å². The van der Waals surface area contributed by atoms with E-state index in [4.69, 9.17) is 5.73 Å². The molecule has 0 amide bonds. The normalized spacial score (nSPS) is 19.5. The Bertz CT molecular complexity index is 800. The number of hydrogen-bond donors (Lipinski definition) is 1. The average molecular weight is 366 g/mol. The molecule has 1 atom stereocenters. The van der Waals surface area contributed by atoms with Crippen LogP contribution in [0.1, 0.15) is 25.0 Å². The Kier molecular flexibility index (Phi) is 5.34. The summed E-state index contributed by atoms with van der Waals surface area (Å²) in [5.74, 6) is 0.364. The number of benzene rings is 1. The van der Waals surface area contributed by atoms with Gasteiger partial charge in [0.1, 0.15) is 5.01 Å². The third-order valence-electron chi connectivity index (χ3n) is 4.39. The van der Waals surface area contributed by atoms with Crippen LogP contribution < -0.4 is 5.73 Å². The highest BCUT2D eigenvalue weighted by Crippen LogP contribution is 2.29. The molecule has 1 aliphatic heterocycles. The molecular formula is C17H23N3O2S2. The van der Waals surface area contributed by atoms with Gasteiger partial charge in [-0.3, -0.25) is 0 Å². The van der Waals surface area contributed by atoms with Gasteiger partial charge >= 0.3 is 0 Å². The lowest BCUT2D eigenvalue weighted by molar-refractivity contribution is 0.258. The summed E-state index contributed by atoms with van der Waals surface area (Å²) in [7, 11) is -3.47. The van der Waals surface area contributed by atoms with Crippen molar-refractivity contribution in [2.45, 2.75) is 31.1 Å². The Morgan fingerprint density at radius 3 is 2.96 bits per heavy atom. The summed E-state index contributed by atoms with van der Waals surface area (Å²) in [6.45, 7) is 3.70. The van der Waals surface area contributed by atoms with E-state index in [1.807, 2.05) is 18.4 Å². The zero-order valence-electron chi connectivity index (χ0n) is 13.8. The van der Waals surface area contributed by atoms with E-state index in [-0.39, 0.29) is 0 Å². The van der Waals surface area contributed by atoms with Gasteiger partial charge in [-0.25, -0.2) is 13.4 Å². The minimum atomic E-state index is -3.47. The second-order valence-corrected chi connectivity index (χ2v) is 9.07. The fourth-order valence-corrected chi connectivity index (χ4v) is 5.54. The van der Waals surface area contributed by atoms with Crippen molar-refractivity contribution in [1.29, 1.82) is 0 Å². The number of nitrogens with zero attached hydrogens (tertiary/aromatic N) is 2. The second-order valence-electron chi connectivity index (χ2n) is 6.27. The van der Waals surface area contributed by atoms with Gasteiger partial charge in [0.25, 0.3) is 0 Å². The third kappa shape index (κ3) is 3.69. The summed E-state index contributed by atoms with van der Waals surface area (Å²) in [4.78, 5) is 4.80. The number of rotatable bonds is 5. The van der Waals surface area contributed by atoms with Crippen LogP contribution in [0.3, 0.4) is 0 Å². The highest BCUT2D eigenvalue weighted by atomic mass is 32.2. The average Bonchev–Trinajstić information content (AvgIpc) is 3.02. The number of piperidine rings is 1. The molecule has 0 aliphatic carbocycles. The molecule has 0 radical (unpaired) electrons. The van der Waals surface area contributed by atoms with Crippen LogP contribution in [0.15, 0.2) is 34.5 Å². The first-order valence-corrected chi connectivity index (χ1v) is 10.6. The lowest BCUT2D eigenvalue weighted by Gasteiger charge is -2.31. The molecule has 5 nitrogen and oxygen atoms in total. The number of aromatic nitrogens is 1. The van der Waals surface area contributed by atoms with Crippen LogP contribution in [0.2, 0.25) is 0 Å². The summed E-state index contributed by atoms with van der Waals surface area (Å²) in [5, 5.41) is 2.82. The van der Waals surface area contributed by atoms with Gasteiger partial charge in [0.2, 0.25) is 10.0 Å². The minimum Gasteiger partial charge on any atom is -0.330 e. The molecule has 1 saturated heterocycles.